The van der Waals surface area contributed by atoms with Crippen molar-refractivity contribution in [2.75, 3.05) is 0 Å². The first kappa shape index (κ1) is 30.1. The predicted molar refractivity (Wildman–Crippen MR) is 224 cm³/mol. The van der Waals surface area contributed by atoms with Crippen LogP contribution in [-0.4, -0.2) is 0 Å². The summed E-state index contributed by atoms with van der Waals surface area (Å²) in [4.78, 5) is 0. The SMILES string of the molecule is c1ccc(-c2ccccc2-c2ccc(-c3cc4ccccc4c4ccccc34)cc2-c2c3ccccc3c(-c3ccccc3)c3ccccc23)cc1. The van der Waals surface area contributed by atoms with E-state index in [4.69, 9.17) is 0 Å². The van der Waals surface area contributed by atoms with Gasteiger partial charge in [0.25, 0.3) is 0 Å². The normalized spacial score (nSPS) is 11.5. The van der Waals surface area contributed by atoms with Crippen molar-refractivity contribution < 1.29 is 0 Å². The summed E-state index contributed by atoms with van der Waals surface area (Å²) in [6.45, 7) is 0. The number of hydrogen-bond acceptors (Lipinski definition) is 0. The molecule has 10 aromatic carbocycles. The minimum absolute atomic E-state index is 1.21. The fourth-order valence-electron chi connectivity index (χ4n) is 8.37. The van der Waals surface area contributed by atoms with Gasteiger partial charge in [-0.05, 0) is 111 Å². The first-order valence-electron chi connectivity index (χ1n) is 18.0. The minimum Gasteiger partial charge on any atom is -0.0622 e. The van der Waals surface area contributed by atoms with Crippen LogP contribution in [0.5, 0.6) is 0 Å². The third-order valence-corrected chi connectivity index (χ3v) is 10.7. The van der Waals surface area contributed by atoms with E-state index in [9.17, 15) is 0 Å². The molecule has 0 saturated heterocycles. The van der Waals surface area contributed by atoms with E-state index in [1.54, 1.807) is 0 Å². The third-order valence-electron chi connectivity index (χ3n) is 10.7. The lowest BCUT2D eigenvalue weighted by molar-refractivity contribution is 1.57. The molecule has 0 bridgehead atoms. The Kier molecular flexibility index (Phi) is 7.25. The van der Waals surface area contributed by atoms with Crippen LogP contribution in [0.1, 0.15) is 0 Å². The van der Waals surface area contributed by atoms with Crippen LogP contribution >= 0.6 is 0 Å². The Balaban J connectivity index is 1.35. The van der Waals surface area contributed by atoms with Gasteiger partial charge in [-0.1, -0.05) is 194 Å². The lowest BCUT2D eigenvalue weighted by Crippen LogP contribution is -1.95. The van der Waals surface area contributed by atoms with Crippen molar-refractivity contribution in [3.05, 3.63) is 206 Å². The van der Waals surface area contributed by atoms with Gasteiger partial charge in [0.2, 0.25) is 0 Å². The molecule has 0 heteroatoms. The molecule has 0 amide bonds. The summed E-state index contributed by atoms with van der Waals surface area (Å²) in [7, 11) is 0. The number of benzene rings is 10. The highest BCUT2D eigenvalue weighted by Gasteiger charge is 2.21. The molecule has 52 heavy (non-hydrogen) atoms. The van der Waals surface area contributed by atoms with E-state index >= 15 is 0 Å². The molecule has 0 unspecified atom stereocenters. The van der Waals surface area contributed by atoms with E-state index in [0.717, 1.165) is 0 Å². The van der Waals surface area contributed by atoms with Gasteiger partial charge in [-0.2, -0.15) is 0 Å². The van der Waals surface area contributed by atoms with Crippen molar-refractivity contribution >= 4 is 43.1 Å². The monoisotopic (exact) mass is 658 g/mol. The third kappa shape index (κ3) is 4.92. The predicted octanol–water partition coefficient (Wildman–Crippen LogP) is 14.6. The van der Waals surface area contributed by atoms with Gasteiger partial charge in [0, 0.05) is 0 Å². The van der Waals surface area contributed by atoms with Gasteiger partial charge < -0.3 is 0 Å². The molecule has 0 nitrogen and oxygen atoms in total. The lowest BCUT2D eigenvalue weighted by atomic mass is 9.81. The summed E-state index contributed by atoms with van der Waals surface area (Å²) in [5.41, 5.74) is 12.3. The van der Waals surface area contributed by atoms with Crippen molar-refractivity contribution in [1.29, 1.82) is 0 Å². The second kappa shape index (κ2) is 12.5. The van der Waals surface area contributed by atoms with Crippen molar-refractivity contribution in [1.82, 2.24) is 0 Å². The van der Waals surface area contributed by atoms with E-state index in [1.165, 1.54) is 98.7 Å². The molecule has 0 atom stereocenters. The van der Waals surface area contributed by atoms with Crippen molar-refractivity contribution in [3.63, 3.8) is 0 Å². The smallest absolute Gasteiger partial charge is 0.00199 e. The maximum absolute atomic E-state index is 2.46. The summed E-state index contributed by atoms with van der Waals surface area (Å²) in [5, 5.41) is 10.1. The van der Waals surface area contributed by atoms with E-state index in [2.05, 4.69) is 206 Å². The van der Waals surface area contributed by atoms with E-state index < -0.39 is 0 Å². The quantitative estimate of drug-likeness (QED) is 0.128. The summed E-state index contributed by atoms with van der Waals surface area (Å²) >= 11 is 0. The molecule has 10 rings (SSSR count). The van der Waals surface area contributed by atoms with Crippen LogP contribution in [0.3, 0.4) is 0 Å². The zero-order valence-electron chi connectivity index (χ0n) is 28.6. The van der Waals surface area contributed by atoms with Gasteiger partial charge >= 0.3 is 0 Å². The second-order valence-electron chi connectivity index (χ2n) is 13.6. The topological polar surface area (TPSA) is 0 Å². The molecule has 0 saturated carbocycles. The Morgan fingerprint density at radius 2 is 0.654 bits per heavy atom. The average Bonchev–Trinajstić information content (AvgIpc) is 3.23. The van der Waals surface area contributed by atoms with Gasteiger partial charge in [0.1, 0.15) is 0 Å². The molecule has 0 N–H and O–H groups in total. The highest BCUT2D eigenvalue weighted by Crippen LogP contribution is 2.48. The zero-order valence-corrected chi connectivity index (χ0v) is 28.6. The molecule has 0 fully saturated rings. The molecule has 0 aliphatic carbocycles. The van der Waals surface area contributed by atoms with E-state index in [1.807, 2.05) is 0 Å². The van der Waals surface area contributed by atoms with Crippen LogP contribution in [0.4, 0.5) is 0 Å². The molecule has 10 aromatic rings. The Morgan fingerprint density at radius 3 is 1.31 bits per heavy atom. The highest BCUT2D eigenvalue weighted by molar-refractivity contribution is 6.23. The minimum atomic E-state index is 1.21. The molecule has 0 aliphatic heterocycles. The summed E-state index contributed by atoms with van der Waals surface area (Å²) in [6, 6.07) is 75.6. The van der Waals surface area contributed by atoms with Gasteiger partial charge in [-0.25, -0.2) is 0 Å². The first-order chi connectivity index (χ1) is 25.8. The average molecular weight is 659 g/mol. The Hall–Kier alpha value is -6.76. The molecule has 0 heterocycles. The van der Waals surface area contributed by atoms with Crippen molar-refractivity contribution in [2.24, 2.45) is 0 Å². The number of hydrogen-bond donors (Lipinski definition) is 0. The van der Waals surface area contributed by atoms with Crippen molar-refractivity contribution in [3.8, 4) is 55.6 Å². The molecule has 0 radical (unpaired) electrons. The van der Waals surface area contributed by atoms with Crippen LogP contribution in [-0.2, 0) is 0 Å². The molecule has 0 spiro atoms. The van der Waals surface area contributed by atoms with E-state index in [-0.39, 0.29) is 0 Å². The van der Waals surface area contributed by atoms with Gasteiger partial charge in [-0.3, -0.25) is 0 Å². The van der Waals surface area contributed by atoms with Crippen LogP contribution in [0.2, 0.25) is 0 Å². The van der Waals surface area contributed by atoms with Gasteiger partial charge in [0.15, 0.2) is 0 Å². The Morgan fingerprint density at radius 1 is 0.192 bits per heavy atom. The largest absolute Gasteiger partial charge is 0.0622 e. The van der Waals surface area contributed by atoms with Crippen LogP contribution in [0.15, 0.2) is 206 Å². The van der Waals surface area contributed by atoms with Crippen LogP contribution in [0.25, 0.3) is 98.7 Å². The Labute approximate surface area is 303 Å². The first-order valence-corrected chi connectivity index (χ1v) is 18.0. The molecule has 0 aliphatic rings. The number of rotatable bonds is 5. The lowest BCUT2D eigenvalue weighted by Gasteiger charge is -2.22. The van der Waals surface area contributed by atoms with Crippen molar-refractivity contribution in [2.45, 2.75) is 0 Å². The standard InChI is InChI=1S/C52H34/c1-3-17-35(18-4-1)39-22-9-10-24-41(39)44-32-31-38(49-33-37-21-7-8-23-40(37)42-25-11-12-26-43(42)49)34-50(44)52-47-29-15-13-27-45(47)51(36-19-5-2-6-20-36)46-28-14-16-30-48(46)52/h1-34H. The summed E-state index contributed by atoms with van der Waals surface area (Å²) < 4.78 is 0. The Bertz CT molecular complexity index is 2880. The zero-order chi connectivity index (χ0) is 34.4. The van der Waals surface area contributed by atoms with Gasteiger partial charge in [0.05, 0.1) is 0 Å². The maximum Gasteiger partial charge on any atom is -0.00199 e. The molecule has 242 valence electrons. The fourth-order valence-corrected chi connectivity index (χ4v) is 8.37. The number of fused-ring (bicyclic) bond motifs is 5. The molecule has 0 aromatic heterocycles. The summed E-state index contributed by atoms with van der Waals surface area (Å²) in [5.74, 6) is 0. The fraction of sp³-hybridized carbons (Fsp3) is 0. The molecular weight excluding hydrogens is 625 g/mol. The van der Waals surface area contributed by atoms with Gasteiger partial charge in [-0.15, -0.1) is 0 Å². The van der Waals surface area contributed by atoms with E-state index in [0.29, 0.717) is 0 Å². The van der Waals surface area contributed by atoms with Crippen LogP contribution in [0, 0.1) is 0 Å². The maximum atomic E-state index is 2.46. The molecular formula is C52H34. The second-order valence-corrected chi connectivity index (χ2v) is 13.6. The van der Waals surface area contributed by atoms with Crippen LogP contribution < -0.4 is 0 Å². The summed E-state index contributed by atoms with van der Waals surface area (Å²) in [6.07, 6.45) is 0. The highest BCUT2D eigenvalue weighted by atomic mass is 14.2.